The maximum Gasteiger partial charge on any atom is 0.0784 e. The highest BCUT2D eigenvalue weighted by Gasteiger charge is 2.38. The monoisotopic (exact) mass is 268 g/mol. The minimum atomic E-state index is -0.298. The predicted molar refractivity (Wildman–Crippen MR) is 81.2 cm³/mol. The lowest BCUT2D eigenvalue weighted by atomic mass is 9.68. The Kier molecular flexibility index (Phi) is 7.09. The van der Waals surface area contributed by atoms with Crippen LogP contribution in [0, 0.1) is 11.3 Å². The van der Waals surface area contributed by atoms with Crippen molar-refractivity contribution in [3.63, 3.8) is 0 Å². The summed E-state index contributed by atoms with van der Waals surface area (Å²) in [7, 11) is 1.78. The van der Waals surface area contributed by atoms with E-state index in [4.69, 9.17) is 4.74 Å². The molecule has 2 heteroatoms. The van der Waals surface area contributed by atoms with E-state index < -0.39 is 0 Å². The fraction of sp³-hybridized carbons (Fsp3) is 0.882. The van der Waals surface area contributed by atoms with E-state index in [0.717, 1.165) is 32.3 Å². The van der Waals surface area contributed by atoms with Gasteiger partial charge >= 0.3 is 0 Å². The van der Waals surface area contributed by atoms with Crippen LogP contribution in [0.4, 0.5) is 0 Å². The summed E-state index contributed by atoms with van der Waals surface area (Å²) in [5, 5.41) is 10.8. The second kappa shape index (κ2) is 8.06. The van der Waals surface area contributed by atoms with E-state index in [2.05, 4.69) is 26.8 Å². The lowest BCUT2D eigenvalue weighted by Crippen LogP contribution is -2.40. The van der Waals surface area contributed by atoms with Crippen LogP contribution in [0.5, 0.6) is 0 Å². The first-order valence-electron chi connectivity index (χ1n) is 7.95. The predicted octanol–water partition coefficient (Wildman–Crippen LogP) is 4.33. The molecule has 0 bridgehead atoms. The van der Waals surface area contributed by atoms with Crippen LogP contribution in [0.2, 0.25) is 0 Å². The molecule has 0 saturated carbocycles. The van der Waals surface area contributed by atoms with Crippen LogP contribution in [-0.4, -0.2) is 24.9 Å². The van der Waals surface area contributed by atoms with E-state index >= 15 is 0 Å². The average molecular weight is 268 g/mol. The Bertz CT molecular complexity index is 285. The van der Waals surface area contributed by atoms with Gasteiger partial charge < -0.3 is 9.84 Å². The fourth-order valence-electron chi connectivity index (χ4n) is 3.66. The quantitative estimate of drug-likeness (QED) is 0.769. The third-order valence-corrected chi connectivity index (χ3v) is 4.84. The molecule has 2 nitrogen and oxygen atoms in total. The summed E-state index contributed by atoms with van der Waals surface area (Å²) in [5.74, 6) is 0.303. The van der Waals surface area contributed by atoms with Crippen LogP contribution in [0.1, 0.15) is 65.7 Å². The average Bonchev–Trinajstić information content (AvgIpc) is 2.38. The van der Waals surface area contributed by atoms with Crippen molar-refractivity contribution in [1.29, 1.82) is 0 Å². The molecule has 0 saturated heterocycles. The zero-order valence-electron chi connectivity index (χ0n) is 13.2. The number of ether oxygens (including phenoxy) is 1. The zero-order valence-corrected chi connectivity index (χ0v) is 13.2. The number of hydrogen-bond acceptors (Lipinski definition) is 2. The lowest BCUT2D eigenvalue weighted by Gasteiger charge is -2.41. The highest BCUT2D eigenvalue weighted by molar-refractivity contribution is 5.11. The van der Waals surface area contributed by atoms with E-state index in [1.54, 1.807) is 7.11 Å². The summed E-state index contributed by atoms with van der Waals surface area (Å²) in [5.41, 5.74) is 1.32. The van der Waals surface area contributed by atoms with Crippen molar-refractivity contribution < 1.29 is 9.84 Å². The van der Waals surface area contributed by atoms with Crippen molar-refractivity contribution in [2.45, 2.75) is 71.8 Å². The smallest absolute Gasteiger partial charge is 0.0784 e. The molecule has 1 aliphatic carbocycles. The molecular weight excluding hydrogens is 236 g/mol. The topological polar surface area (TPSA) is 29.5 Å². The molecular formula is C17H32O2. The van der Waals surface area contributed by atoms with Crippen molar-refractivity contribution in [2.24, 2.45) is 11.3 Å². The van der Waals surface area contributed by atoms with Crippen molar-refractivity contribution in [3.05, 3.63) is 11.6 Å². The Hall–Kier alpha value is -0.340. The van der Waals surface area contributed by atoms with E-state index in [9.17, 15) is 5.11 Å². The maximum atomic E-state index is 10.8. The molecule has 0 spiro atoms. The van der Waals surface area contributed by atoms with Crippen LogP contribution in [0.3, 0.4) is 0 Å². The van der Waals surface area contributed by atoms with Gasteiger partial charge in [-0.05, 0) is 49.0 Å². The van der Waals surface area contributed by atoms with Crippen LogP contribution in [-0.2, 0) is 4.74 Å². The first-order chi connectivity index (χ1) is 9.09. The van der Waals surface area contributed by atoms with Gasteiger partial charge in [-0.1, -0.05) is 39.7 Å². The largest absolute Gasteiger partial charge is 0.388 e. The number of allylic oxidation sites excluding steroid dienone is 1. The minimum Gasteiger partial charge on any atom is -0.388 e. The first-order valence-corrected chi connectivity index (χ1v) is 7.95. The highest BCUT2D eigenvalue weighted by atomic mass is 16.5. The summed E-state index contributed by atoms with van der Waals surface area (Å²) < 4.78 is 5.47. The molecule has 3 unspecified atom stereocenters. The maximum absolute atomic E-state index is 10.8. The van der Waals surface area contributed by atoms with Gasteiger partial charge in [0.2, 0.25) is 0 Å². The Balaban J connectivity index is 3.02. The summed E-state index contributed by atoms with van der Waals surface area (Å²) in [6.07, 6.45) is 10.0. The molecule has 0 heterocycles. The summed E-state index contributed by atoms with van der Waals surface area (Å²) in [4.78, 5) is 0. The van der Waals surface area contributed by atoms with Crippen LogP contribution >= 0.6 is 0 Å². The van der Waals surface area contributed by atoms with Crippen molar-refractivity contribution >= 4 is 0 Å². The van der Waals surface area contributed by atoms with Gasteiger partial charge in [0.05, 0.1) is 12.7 Å². The van der Waals surface area contributed by atoms with Crippen LogP contribution < -0.4 is 0 Å². The van der Waals surface area contributed by atoms with E-state index in [0.29, 0.717) is 5.92 Å². The van der Waals surface area contributed by atoms with Gasteiger partial charge in [-0.15, -0.1) is 0 Å². The molecule has 19 heavy (non-hydrogen) atoms. The molecule has 1 N–H and O–H groups in total. The molecule has 1 rings (SSSR count). The molecule has 0 aliphatic heterocycles. The van der Waals surface area contributed by atoms with E-state index in [1.807, 2.05) is 0 Å². The van der Waals surface area contributed by atoms with Gasteiger partial charge in [-0.25, -0.2) is 0 Å². The SMILES string of the molecule is CCC1=CCCCCCC(C)(COC)C(CC)C1O. The van der Waals surface area contributed by atoms with Gasteiger partial charge in [0, 0.05) is 7.11 Å². The Labute approximate surface area is 119 Å². The number of aliphatic hydroxyl groups excluding tert-OH is 1. The number of hydrogen-bond donors (Lipinski definition) is 1. The van der Waals surface area contributed by atoms with E-state index in [-0.39, 0.29) is 11.5 Å². The van der Waals surface area contributed by atoms with Crippen molar-refractivity contribution in [2.75, 3.05) is 13.7 Å². The van der Waals surface area contributed by atoms with Crippen LogP contribution in [0.25, 0.3) is 0 Å². The molecule has 0 radical (unpaired) electrons. The minimum absolute atomic E-state index is 0.0918. The number of methoxy groups -OCH3 is 1. The third kappa shape index (κ3) is 4.32. The second-order valence-corrected chi connectivity index (χ2v) is 6.28. The Morgan fingerprint density at radius 1 is 1.32 bits per heavy atom. The lowest BCUT2D eigenvalue weighted by molar-refractivity contribution is -0.0182. The second-order valence-electron chi connectivity index (χ2n) is 6.28. The molecule has 3 atom stereocenters. The fourth-order valence-corrected chi connectivity index (χ4v) is 3.66. The summed E-state index contributed by atoms with van der Waals surface area (Å²) in [6.45, 7) is 7.39. The normalized spacial score (nSPS) is 33.8. The van der Waals surface area contributed by atoms with Crippen molar-refractivity contribution in [1.82, 2.24) is 0 Å². The molecule has 0 aromatic rings. The molecule has 0 fully saturated rings. The van der Waals surface area contributed by atoms with E-state index in [1.165, 1.54) is 24.8 Å². The standard InChI is InChI=1S/C17H32O2/c1-5-14-11-9-7-8-10-12-17(3,13-19-4)15(6-2)16(14)18/h11,15-16,18H,5-10,12-13H2,1-4H3. The van der Waals surface area contributed by atoms with Crippen LogP contribution in [0.15, 0.2) is 11.6 Å². The Morgan fingerprint density at radius 2 is 2.05 bits per heavy atom. The highest BCUT2D eigenvalue weighted by Crippen LogP contribution is 2.41. The molecule has 0 aromatic heterocycles. The van der Waals surface area contributed by atoms with Crippen molar-refractivity contribution in [3.8, 4) is 0 Å². The molecule has 0 aromatic carbocycles. The van der Waals surface area contributed by atoms with Gasteiger partial charge in [-0.2, -0.15) is 0 Å². The summed E-state index contributed by atoms with van der Waals surface area (Å²) in [6, 6.07) is 0. The van der Waals surface area contributed by atoms with Gasteiger partial charge in [0.15, 0.2) is 0 Å². The third-order valence-electron chi connectivity index (χ3n) is 4.84. The molecule has 0 amide bonds. The molecule has 1 aliphatic rings. The van der Waals surface area contributed by atoms with Gasteiger partial charge in [0.25, 0.3) is 0 Å². The zero-order chi connectivity index (χ0) is 14.3. The summed E-state index contributed by atoms with van der Waals surface area (Å²) >= 11 is 0. The Morgan fingerprint density at radius 3 is 2.63 bits per heavy atom. The number of aliphatic hydroxyl groups is 1. The molecule has 112 valence electrons. The van der Waals surface area contributed by atoms with Gasteiger partial charge in [0.1, 0.15) is 0 Å². The number of rotatable bonds is 4. The van der Waals surface area contributed by atoms with Gasteiger partial charge in [-0.3, -0.25) is 0 Å². The first kappa shape index (κ1) is 16.7.